The molecule has 80 valence electrons. The van der Waals surface area contributed by atoms with Gasteiger partial charge in [0.2, 0.25) is 0 Å². The van der Waals surface area contributed by atoms with Gasteiger partial charge in [-0.1, -0.05) is 6.07 Å². The van der Waals surface area contributed by atoms with Crippen molar-refractivity contribution in [2.75, 3.05) is 13.1 Å². The van der Waals surface area contributed by atoms with Gasteiger partial charge in [0.05, 0.1) is 0 Å². The van der Waals surface area contributed by atoms with Gasteiger partial charge in [0.15, 0.2) is 5.78 Å². The maximum atomic E-state index is 13.0. The summed E-state index contributed by atoms with van der Waals surface area (Å²) in [7, 11) is 0. The molecule has 1 aliphatic heterocycles. The van der Waals surface area contributed by atoms with Crippen LogP contribution in [0.2, 0.25) is 0 Å². The van der Waals surface area contributed by atoms with Crippen LogP contribution in [-0.2, 0) is 0 Å². The topological polar surface area (TPSA) is 29.1 Å². The maximum Gasteiger partial charge on any atom is 0.163 e. The summed E-state index contributed by atoms with van der Waals surface area (Å²) >= 11 is 0. The molecule has 3 heteroatoms. The van der Waals surface area contributed by atoms with E-state index in [2.05, 4.69) is 5.32 Å². The van der Waals surface area contributed by atoms with Gasteiger partial charge in [0, 0.05) is 12.0 Å². The summed E-state index contributed by atoms with van der Waals surface area (Å²) in [5, 5.41) is 3.12. The number of hydrogen-bond acceptors (Lipinski definition) is 2. The first kappa shape index (κ1) is 10.3. The predicted octanol–water partition coefficient (Wildman–Crippen LogP) is 1.93. The van der Waals surface area contributed by atoms with E-state index in [4.69, 9.17) is 0 Å². The van der Waals surface area contributed by atoms with E-state index in [0.29, 0.717) is 17.9 Å². The van der Waals surface area contributed by atoms with E-state index in [1.807, 2.05) is 6.92 Å². The van der Waals surface area contributed by atoms with Gasteiger partial charge in [-0.2, -0.15) is 0 Å². The minimum atomic E-state index is -0.337. The van der Waals surface area contributed by atoms with E-state index in [0.717, 1.165) is 18.7 Å². The highest BCUT2D eigenvalue weighted by molar-refractivity contribution is 5.97. The van der Waals surface area contributed by atoms with Crippen molar-refractivity contribution in [2.45, 2.75) is 13.3 Å². The van der Waals surface area contributed by atoms with Gasteiger partial charge in [0.1, 0.15) is 5.82 Å². The number of rotatable bonds is 3. The Morgan fingerprint density at radius 3 is 2.87 bits per heavy atom. The van der Waals surface area contributed by atoms with Gasteiger partial charge in [-0.25, -0.2) is 4.39 Å². The molecule has 0 atom stereocenters. The van der Waals surface area contributed by atoms with Crippen LogP contribution in [0.5, 0.6) is 0 Å². The second-order valence-electron chi connectivity index (χ2n) is 4.11. The first-order valence-corrected chi connectivity index (χ1v) is 5.17. The third kappa shape index (κ3) is 2.23. The molecule has 15 heavy (non-hydrogen) atoms. The molecular formula is C12H14FNO. The molecule has 1 N–H and O–H groups in total. The molecule has 0 amide bonds. The fourth-order valence-corrected chi connectivity index (χ4v) is 1.76. The standard InChI is InChI=1S/C12H14FNO/c1-8-2-3-10(13)5-11(8)12(15)4-9-6-14-7-9/h2-3,5,9,14H,4,6-7H2,1H3. The van der Waals surface area contributed by atoms with Crippen molar-refractivity contribution in [3.63, 3.8) is 0 Å². The smallest absolute Gasteiger partial charge is 0.163 e. The Morgan fingerprint density at radius 1 is 1.53 bits per heavy atom. The van der Waals surface area contributed by atoms with E-state index in [9.17, 15) is 9.18 Å². The lowest BCUT2D eigenvalue weighted by molar-refractivity contribution is 0.0944. The molecule has 1 aliphatic rings. The van der Waals surface area contributed by atoms with Crippen LogP contribution in [0.15, 0.2) is 18.2 Å². The lowest BCUT2D eigenvalue weighted by Gasteiger charge is -2.26. The Hall–Kier alpha value is -1.22. The average Bonchev–Trinajstić information content (AvgIpc) is 2.15. The summed E-state index contributed by atoms with van der Waals surface area (Å²) in [4.78, 5) is 11.8. The van der Waals surface area contributed by atoms with Crippen LogP contribution in [0.1, 0.15) is 22.3 Å². The maximum absolute atomic E-state index is 13.0. The molecule has 0 spiro atoms. The molecule has 0 bridgehead atoms. The van der Waals surface area contributed by atoms with Crippen molar-refractivity contribution in [3.8, 4) is 0 Å². The summed E-state index contributed by atoms with van der Waals surface area (Å²) in [5.41, 5.74) is 1.38. The molecule has 1 fully saturated rings. The van der Waals surface area contributed by atoms with Gasteiger partial charge in [0.25, 0.3) is 0 Å². The third-order valence-electron chi connectivity index (χ3n) is 2.84. The predicted molar refractivity (Wildman–Crippen MR) is 56.4 cm³/mol. The number of carbonyl (C=O) groups is 1. The highest BCUT2D eigenvalue weighted by Crippen LogP contribution is 2.17. The number of nitrogens with one attached hydrogen (secondary N) is 1. The normalized spacial score (nSPS) is 16.1. The van der Waals surface area contributed by atoms with Gasteiger partial charge in [-0.15, -0.1) is 0 Å². The molecule has 2 rings (SSSR count). The molecule has 1 aromatic rings. The molecule has 0 saturated carbocycles. The molecular weight excluding hydrogens is 193 g/mol. The van der Waals surface area contributed by atoms with E-state index in [1.165, 1.54) is 12.1 Å². The van der Waals surface area contributed by atoms with Crippen LogP contribution in [0.3, 0.4) is 0 Å². The third-order valence-corrected chi connectivity index (χ3v) is 2.84. The highest BCUT2D eigenvalue weighted by Gasteiger charge is 2.21. The van der Waals surface area contributed by atoms with Gasteiger partial charge >= 0.3 is 0 Å². The Balaban J connectivity index is 2.12. The fraction of sp³-hybridized carbons (Fsp3) is 0.417. The minimum absolute atomic E-state index is 0.0542. The highest BCUT2D eigenvalue weighted by atomic mass is 19.1. The first-order valence-electron chi connectivity index (χ1n) is 5.17. The molecule has 1 heterocycles. The number of halogens is 1. The molecule has 0 unspecified atom stereocenters. The van der Waals surface area contributed by atoms with Gasteiger partial charge in [-0.3, -0.25) is 4.79 Å². The lowest BCUT2D eigenvalue weighted by atomic mass is 9.92. The quantitative estimate of drug-likeness (QED) is 0.767. The summed E-state index contributed by atoms with van der Waals surface area (Å²) in [6.07, 6.45) is 0.525. The van der Waals surface area contributed by atoms with Crippen LogP contribution < -0.4 is 5.32 Å². The van der Waals surface area contributed by atoms with E-state index in [1.54, 1.807) is 6.07 Å². The number of Topliss-reactive ketones (excluding diaryl/α,β-unsaturated/α-hetero) is 1. The van der Waals surface area contributed by atoms with Crippen LogP contribution >= 0.6 is 0 Å². The Bertz CT molecular complexity index is 385. The SMILES string of the molecule is Cc1ccc(F)cc1C(=O)CC1CNC1. The van der Waals surface area contributed by atoms with Crippen molar-refractivity contribution >= 4 is 5.78 Å². The van der Waals surface area contributed by atoms with Crippen molar-refractivity contribution in [3.05, 3.63) is 35.1 Å². The summed E-state index contributed by atoms with van der Waals surface area (Å²) in [6, 6.07) is 4.38. The zero-order chi connectivity index (χ0) is 10.8. The monoisotopic (exact) mass is 207 g/mol. The Kier molecular flexibility index (Phi) is 2.82. The minimum Gasteiger partial charge on any atom is -0.316 e. The molecule has 0 aliphatic carbocycles. The summed E-state index contributed by atoms with van der Waals surface area (Å²) in [6.45, 7) is 3.64. The number of hydrogen-bond donors (Lipinski definition) is 1. The average molecular weight is 207 g/mol. The van der Waals surface area contributed by atoms with Crippen LogP contribution in [0, 0.1) is 18.7 Å². The Morgan fingerprint density at radius 2 is 2.27 bits per heavy atom. The molecule has 2 nitrogen and oxygen atoms in total. The van der Waals surface area contributed by atoms with Gasteiger partial charge in [-0.05, 0) is 43.6 Å². The summed E-state index contributed by atoms with van der Waals surface area (Å²) in [5.74, 6) is 0.148. The molecule has 0 radical (unpaired) electrons. The fourth-order valence-electron chi connectivity index (χ4n) is 1.76. The van der Waals surface area contributed by atoms with Crippen molar-refractivity contribution in [1.82, 2.24) is 5.32 Å². The molecule has 1 saturated heterocycles. The van der Waals surface area contributed by atoms with Crippen LogP contribution in [0.4, 0.5) is 4.39 Å². The zero-order valence-electron chi connectivity index (χ0n) is 8.72. The largest absolute Gasteiger partial charge is 0.316 e. The Labute approximate surface area is 88.5 Å². The van der Waals surface area contributed by atoms with Crippen LogP contribution in [-0.4, -0.2) is 18.9 Å². The molecule has 1 aromatic carbocycles. The van der Waals surface area contributed by atoms with Crippen molar-refractivity contribution in [2.24, 2.45) is 5.92 Å². The molecule has 0 aromatic heterocycles. The second kappa shape index (κ2) is 4.11. The van der Waals surface area contributed by atoms with E-state index in [-0.39, 0.29) is 11.6 Å². The van der Waals surface area contributed by atoms with Gasteiger partial charge < -0.3 is 5.32 Å². The number of benzene rings is 1. The van der Waals surface area contributed by atoms with Crippen molar-refractivity contribution in [1.29, 1.82) is 0 Å². The number of ketones is 1. The van der Waals surface area contributed by atoms with Crippen LogP contribution in [0.25, 0.3) is 0 Å². The number of carbonyl (C=O) groups excluding carboxylic acids is 1. The summed E-state index contributed by atoms with van der Waals surface area (Å²) < 4.78 is 13.0. The number of aryl methyl sites for hydroxylation is 1. The lowest BCUT2D eigenvalue weighted by Crippen LogP contribution is -2.43. The van der Waals surface area contributed by atoms with E-state index >= 15 is 0 Å². The first-order chi connectivity index (χ1) is 7.16. The zero-order valence-corrected chi connectivity index (χ0v) is 8.72. The van der Waals surface area contributed by atoms with Crippen molar-refractivity contribution < 1.29 is 9.18 Å². The van der Waals surface area contributed by atoms with E-state index < -0.39 is 0 Å². The second-order valence-corrected chi connectivity index (χ2v) is 4.11.